The predicted molar refractivity (Wildman–Crippen MR) is 58.8 cm³/mol. The van der Waals surface area contributed by atoms with Gasteiger partial charge in [-0.1, -0.05) is 6.42 Å². The van der Waals surface area contributed by atoms with Crippen LogP contribution in [0.5, 0.6) is 0 Å². The van der Waals surface area contributed by atoms with E-state index in [1.807, 2.05) is 0 Å². The molecule has 0 aliphatic carbocycles. The standard InChI is InChI=1S/C5H10OS.C4H8OS/c6-7-4-2-1-3-5-7;5-6-3-1-2-4-6/h1-5H2;1-4H2. The summed E-state index contributed by atoms with van der Waals surface area (Å²) < 4.78 is 20.9. The van der Waals surface area contributed by atoms with Crippen molar-refractivity contribution in [3.05, 3.63) is 0 Å². The SMILES string of the molecule is O=S1CCCC1.O=S1CCCCC1. The third-order valence-corrected chi connectivity index (χ3v) is 5.21. The van der Waals surface area contributed by atoms with E-state index in [0.29, 0.717) is 0 Å². The first-order valence-electron chi connectivity index (χ1n) is 4.99. The van der Waals surface area contributed by atoms with Crippen LogP contribution in [-0.2, 0) is 21.6 Å². The van der Waals surface area contributed by atoms with E-state index >= 15 is 0 Å². The molecule has 0 saturated carbocycles. The van der Waals surface area contributed by atoms with E-state index in [1.165, 1.54) is 32.1 Å². The molecule has 0 radical (unpaired) electrons. The van der Waals surface area contributed by atoms with Crippen molar-refractivity contribution >= 4 is 21.6 Å². The van der Waals surface area contributed by atoms with Gasteiger partial charge >= 0.3 is 0 Å². The van der Waals surface area contributed by atoms with Crippen LogP contribution in [0.4, 0.5) is 0 Å². The second-order valence-electron chi connectivity index (χ2n) is 3.46. The van der Waals surface area contributed by atoms with Crippen LogP contribution < -0.4 is 0 Å². The van der Waals surface area contributed by atoms with Crippen molar-refractivity contribution in [2.75, 3.05) is 23.0 Å². The first kappa shape index (κ1) is 11.4. The van der Waals surface area contributed by atoms with E-state index in [0.717, 1.165) is 23.0 Å². The molecular weight excluding hydrogens is 204 g/mol. The minimum absolute atomic E-state index is 0.423. The van der Waals surface area contributed by atoms with E-state index in [2.05, 4.69) is 0 Å². The lowest BCUT2D eigenvalue weighted by Gasteiger charge is -2.06. The van der Waals surface area contributed by atoms with Crippen molar-refractivity contribution < 1.29 is 8.42 Å². The maximum Gasteiger partial charge on any atom is 0.0235 e. The largest absolute Gasteiger partial charge is 0.260 e. The van der Waals surface area contributed by atoms with Gasteiger partial charge in [-0.25, -0.2) is 0 Å². The topological polar surface area (TPSA) is 34.1 Å². The summed E-state index contributed by atoms with van der Waals surface area (Å²) in [5.74, 6) is 3.83. The minimum Gasteiger partial charge on any atom is -0.260 e. The molecule has 2 saturated heterocycles. The Labute approximate surface area is 85.4 Å². The molecular formula is C9H18O2S2. The van der Waals surface area contributed by atoms with Gasteiger partial charge in [0.1, 0.15) is 0 Å². The molecule has 0 aromatic heterocycles. The van der Waals surface area contributed by atoms with Crippen molar-refractivity contribution in [2.24, 2.45) is 0 Å². The monoisotopic (exact) mass is 222 g/mol. The van der Waals surface area contributed by atoms with Gasteiger partial charge in [0.15, 0.2) is 0 Å². The third-order valence-electron chi connectivity index (χ3n) is 2.24. The fraction of sp³-hybridized carbons (Fsp3) is 1.00. The highest BCUT2D eigenvalue weighted by molar-refractivity contribution is 7.85. The quantitative estimate of drug-likeness (QED) is 0.621. The maximum absolute atomic E-state index is 10.6. The van der Waals surface area contributed by atoms with Crippen molar-refractivity contribution in [1.82, 2.24) is 0 Å². The summed E-state index contributed by atoms with van der Waals surface area (Å²) in [6, 6.07) is 0. The molecule has 0 bridgehead atoms. The molecule has 2 nitrogen and oxygen atoms in total. The Morgan fingerprint density at radius 2 is 0.846 bits per heavy atom. The molecule has 2 heterocycles. The Morgan fingerprint density at radius 3 is 1.08 bits per heavy atom. The predicted octanol–water partition coefficient (Wildman–Crippen LogP) is 1.45. The number of rotatable bonds is 0. The normalized spacial score (nSPS) is 25.2. The second kappa shape index (κ2) is 6.71. The molecule has 13 heavy (non-hydrogen) atoms. The molecule has 0 atom stereocenters. The zero-order valence-electron chi connectivity index (χ0n) is 8.00. The van der Waals surface area contributed by atoms with E-state index in [1.54, 1.807) is 0 Å². The lowest BCUT2D eigenvalue weighted by molar-refractivity contribution is 0.658. The summed E-state index contributed by atoms with van der Waals surface area (Å²) in [4.78, 5) is 0. The van der Waals surface area contributed by atoms with Crippen LogP contribution in [0.1, 0.15) is 32.1 Å². The number of hydrogen-bond donors (Lipinski definition) is 0. The zero-order valence-corrected chi connectivity index (χ0v) is 9.63. The lowest BCUT2D eigenvalue weighted by atomic mass is 10.3. The van der Waals surface area contributed by atoms with Crippen molar-refractivity contribution in [1.29, 1.82) is 0 Å². The Morgan fingerprint density at radius 1 is 0.538 bits per heavy atom. The maximum atomic E-state index is 10.6. The average Bonchev–Trinajstić information content (AvgIpc) is 2.58. The van der Waals surface area contributed by atoms with E-state index in [4.69, 9.17) is 0 Å². The first-order chi connectivity index (χ1) is 6.29. The molecule has 2 fully saturated rings. The Kier molecular flexibility index (Phi) is 5.87. The van der Waals surface area contributed by atoms with Gasteiger partial charge in [0.25, 0.3) is 0 Å². The molecule has 2 aliphatic rings. The van der Waals surface area contributed by atoms with Crippen molar-refractivity contribution in [3.8, 4) is 0 Å². The molecule has 2 rings (SSSR count). The third kappa shape index (κ3) is 5.57. The van der Waals surface area contributed by atoms with E-state index < -0.39 is 21.6 Å². The van der Waals surface area contributed by atoms with Gasteiger partial charge in [0.05, 0.1) is 0 Å². The summed E-state index contributed by atoms with van der Waals surface area (Å²) in [6.45, 7) is 0. The molecule has 4 heteroatoms. The summed E-state index contributed by atoms with van der Waals surface area (Å²) in [6.07, 6.45) is 6.05. The molecule has 78 valence electrons. The molecule has 0 N–H and O–H groups in total. The molecule has 2 aliphatic heterocycles. The van der Waals surface area contributed by atoms with Crippen LogP contribution in [0.3, 0.4) is 0 Å². The van der Waals surface area contributed by atoms with Crippen LogP contribution in [0.15, 0.2) is 0 Å². The minimum atomic E-state index is -0.440. The summed E-state index contributed by atoms with van der Waals surface area (Å²) in [7, 11) is -0.863. The van der Waals surface area contributed by atoms with Crippen LogP contribution in [-0.4, -0.2) is 31.4 Å². The summed E-state index contributed by atoms with van der Waals surface area (Å²) in [5, 5.41) is 0. The van der Waals surface area contributed by atoms with Gasteiger partial charge in [-0.15, -0.1) is 0 Å². The Balaban J connectivity index is 0.000000132. The van der Waals surface area contributed by atoms with Gasteiger partial charge in [-0.2, -0.15) is 0 Å². The highest BCUT2D eigenvalue weighted by Gasteiger charge is 2.05. The molecule has 0 amide bonds. The van der Waals surface area contributed by atoms with Gasteiger partial charge in [0, 0.05) is 44.6 Å². The van der Waals surface area contributed by atoms with Crippen LogP contribution >= 0.6 is 0 Å². The van der Waals surface area contributed by atoms with Gasteiger partial charge in [-0.3, -0.25) is 8.42 Å². The van der Waals surface area contributed by atoms with Crippen LogP contribution in [0, 0.1) is 0 Å². The van der Waals surface area contributed by atoms with Crippen LogP contribution in [0.25, 0.3) is 0 Å². The van der Waals surface area contributed by atoms with E-state index in [-0.39, 0.29) is 0 Å². The average molecular weight is 222 g/mol. The lowest BCUT2D eigenvalue weighted by Crippen LogP contribution is -2.08. The zero-order chi connectivity index (χ0) is 9.52. The van der Waals surface area contributed by atoms with Crippen molar-refractivity contribution in [2.45, 2.75) is 32.1 Å². The van der Waals surface area contributed by atoms with Crippen molar-refractivity contribution in [3.63, 3.8) is 0 Å². The Bertz CT molecular complexity index is 176. The Hall–Kier alpha value is 0.300. The molecule has 0 aromatic rings. The summed E-state index contributed by atoms with van der Waals surface area (Å²) in [5.41, 5.74) is 0. The molecule has 0 unspecified atom stereocenters. The number of hydrogen-bond acceptors (Lipinski definition) is 2. The smallest absolute Gasteiger partial charge is 0.0235 e. The van der Waals surface area contributed by atoms with E-state index in [9.17, 15) is 8.42 Å². The van der Waals surface area contributed by atoms with Gasteiger partial charge in [0.2, 0.25) is 0 Å². The molecule has 0 spiro atoms. The van der Waals surface area contributed by atoms with Gasteiger partial charge in [-0.05, 0) is 25.7 Å². The highest BCUT2D eigenvalue weighted by Crippen LogP contribution is 2.05. The summed E-state index contributed by atoms with van der Waals surface area (Å²) >= 11 is 0. The van der Waals surface area contributed by atoms with Crippen LogP contribution in [0.2, 0.25) is 0 Å². The molecule has 0 aromatic carbocycles. The van der Waals surface area contributed by atoms with Gasteiger partial charge < -0.3 is 0 Å². The first-order valence-corrected chi connectivity index (χ1v) is 7.96. The second-order valence-corrected chi connectivity index (χ2v) is 6.86. The fourth-order valence-electron chi connectivity index (χ4n) is 1.43. The highest BCUT2D eigenvalue weighted by atomic mass is 32.2. The fourth-order valence-corrected chi connectivity index (χ4v) is 3.95.